The summed E-state index contributed by atoms with van der Waals surface area (Å²) < 4.78 is 7.17. The first kappa shape index (κ1) is 13.8. The van der Waals surface area contributed by atoms with Crippen LogP contribution in [-0.4, -0.2) is 45.6 Å². The summed E-state index contributed by atoms with van der Waals surface area (Å²) in [5.41, 5.74) is 1.36. The molecule has 7 nitrogen and oxygen atoms in total. The average molecular weight is 290 g/mol. The Morgan fingerprint density at radius 2 is 2.33 bits per heavy atom. The third kappa shape index (κ3) is 2.97. The Morgan fingerprint density at radius 3 is 3.05 bits per heavy atom. The molecule has 112 valence electrons. The number of rotatable bonds is 7. The molecule has 0 aliphatic heterocycles. The van der Waals surface area contributed by atoms with E-state index in [9.17, 15) is 9.90 Å². The second kappa shape index (κ2) is 5.69. The minimum Gasteiger partial charge on any atom is -0.478 e. The molecule has 7 heteroatoms. The first-order valence-electron chi connectivity index (χ1n) is 7.02. The van der Waals surface area contributed by atoms with Crippen LogP contribution >= 0.6 is 0 Å². The lowest BCUT2D eigenvalue weighted by molar-refractivity contribution is 0.0697. The summed E-state index contributed by atoms with van der Waals surface area (Å²) in [6.07, 6.45) is 5.51. The molecule has 2 aromatic rings. The van der Waals surface area contributed by atoms with E-state index in [0.717, 1.165) is 12.5 Å². The molecule has 1 aliphatic rings. The van der Waals surface area contributed by atoms with Gasteiger partial charge < -0.3 is 15.2 Å². The van der Waals surface area contributed by atoms with Gasteiger partial charge in [0.25, 0.3) is 0 Å². The Hall–Kier alpha value is -2.15. The normalized spacial score (nSPS) is 14.5. The van der Waals surface area contributed by atoms with Crippen molar-refractivity contribution in [2.75, 3.05) is 25.1 Å². The predicted molar refractivity (Wildman–Crippen MR) is 77.5 cm³/mol. The standard InChI is InChI=1S/C14H18N4O3/c1-18-13-10(7-17-18)12(11(6-16-13)14(19)20)15-4-5-21-8-9-2-3-9/h6-7,9H,2-5,8H2,1H3,(H,15,16)(H,19,20). The maximum atomic E-state index is 11.3. The van der Waals surface area contributed by atoms with Crippen molar-refractivity contribution in [1.82, 2.24) is 14.8 Å². The molecular weight excluding hydrogens is 272 g/mol. The monoisotopic (exact) mass is 290 g/mol. The zero-order valence-corrected chi connectivity index (χ0v) is 11.9. The fraction of sp³-hybridized carbons (Fsp3) is 0.500. The second-order valence-electron chi connectivity index (χ2n) is 5.30. The van der Waals surface area contributed by atoms with E-state index in [1.165, 1.54) is 19.0 Å². The summed E-state index contributed by atoms with van der Waals surface area (Å²) in [6, 6.07) is 0. The largest absolute Gasteiger partial charge is 0.478 e. The SMILES string of the molecule is Cn1ncc2c(NCCOCC3CC3)c(C(=O)O)cnc21. The molecule has 2 heterocycles. The molecule has 1 aliphatic carbocycles. The van der Waals surface area contributed by atoms with Crippen LogP contribution in [-0.2, 0) is 11.8 Å². The van der Waals surface area contributed by atoms with Gasteiger partial charge in [-0.15, -0.1) is 0 Å². The maximum absolute atomic E-state index is 11.3. The minimum absolute atomic E-state index is 0.151. The molecule has 3 rings (SSSR count). The highest BCUT2D eigenvalue weighted by molar-refractivity contribution is 6.03. The Balaban J connectivity index is 1.73. The lowest BCUT2D eigenvalue weighted by Gasteiger charge is -2.11. The Bertz CT molecular complexity index is 664. The van der Waals surface area contributed by atoms with Crippen molar-refractivity contribution in [3.05, 3.63) is 18.0 Å². The minimum atomic E-state index is -1.00. The van der Waals surface area contributed by atoms with E-state index in [1.807, 2.05) is 0 Å². The van der Waals surface area contributed by atoms with Gasteiger partial charge in [0.15, 0.2) is 5.65 Å². The number of carbonyl (C=O) groups is 1. The predicted octanol–water partition coefficient (Wildman–Crippen LogP) is 1.51. The number of carboxylic acid groups (broad SMARTS) is 1. The fourth-order valence-corrected chi connectivity index (χ4v) is 2.23. The van der Waals surface area contributed by atoms with Gasteiger partial charge in [-0.2, -0.15) is 5.10 Å². The number of pyridine rings is 1. The summed E-state index contributed by atoms with van der Waals surface area (Å²) in [5.74, 6) is -0.278. The molecule has 0 atom stereocenters. The molecule has 1 fully saturated rings. The topological polar surface area (TPSA) is 89.3 Å². The fourth-order valence-electron chi connectivity index (χ4n) is 2.23. The summed E-state index contributed by atoms with van der Waals surface area (Å²) >= 11 is 0. The van der Waals surface area contributed by atoms with Crippen molar-refractivity contribution in [2.45, 2.75) is 12.8 Å². The second-order valence-corrected chi connectivity index (χ2v) is 5.30. The van der Waals surface area contributed by atoms with Crippen molar-refractivity contribution in [3.63, 3.8) is 0 Å². The Labute approximate surface area is 121 Å². The van der Waals surface area contributed by atoms with Crippen molar-refractivity contribution in [3.8, 4) is 0 Å². The molecule has 2 N–H and O–H groups in total. The van der Waals surface area contributed by atoms with E-state index in [4.69, 9.17) is 4.74 Å². The molecule has 0 unspecified atom stereocenters. The number of hydrogen-bond donors (Lipinski definition) is 2. The summed E-state index contributed by atoms with van der Waals surface area (Å²) in [4.78, 5) is 15.5. The molecule has 2 aromatic heterocycles. The molecule has 0 amide bonds. The smallest absolute Gasteiger partial charge is 0.339 e. The van der Waals surface area contributed by atoms with E-state index in [2.05, 4.69) is 15.4 Å². The molecule has 0 radical (unpaired) electrons. The Morgan fingerprint density at radius 1 is 1.52 bits per heavy atom. The molecule has 0 spiro atoms. The molecule has 0 saturated heterocycles. The van der Waals surface area contributed by atoms with Gasteiger partial charge in [0.1, 0.15) is 5.56 Å². The number of aromatic nitrogens is 3. The van der Waals surface area contributed by atoms with E-state index >= 15 is 0 Å². The number of aryl methyl sites for hydroxylation is 1. The quantitative estimate of drug-likeness (QED) is 0.751. The van der Waals surface area contributed by atoms with Gasteiger partial charge >= 0.3 is 5.97 Å². The molecule has 0 bridgehead atoms. The third-order valence-corrected chi connectivity index (χ3v) is 3.59. The van der Waals surface area contributed by atoms with Gasteiger partial charge in [-0.25, -0.2) is 9.78 Å². The van der Waals surface area contributed by atoms with Crippen LogP contribution in [0.3, 0.4) is 0 Å². The van der Waals surface area contributed by atoms with Crippen molar-refractivity contribution in [1.29, 1.82) is 0 Å². The average Bonchev–Trinajstić information content (AvgIpc) is 3.21. The van der Waals surface area contributed by atoms with Crippen LogP contribution in [0.4, 0.5) is 5.69 Å². The highest BCUT2D eigenvalue weighted by Gasteiger charge is 2.21. The zero-order valence-electron chi connectivity index (χ0n) is 11.9. The van der Waals surface area contributed by atoms with E-state index in [-0.39, 0.29) is 5.56 Å². The van der Waals surface area contributed by atoms with Gasteiger partial charge in [0.2, 0.25) is 0 Å². The number of fused-ring (bicyclic) bond motifs is 1. The van der Waals surface area contributed by atoms with Gasteiger partial charge in [-0.3, -0.25) is 4.68 Å². The van der Waals surface area contributed by atoms with Crippen LogP contribution in [0, 0.1) is 5.92 Å². The third-order valence-electron chi connectivity index (χ3n) is 3.59. The summed E-state index contributed by atoms with van der Waals surface area (Å²) in [5, 5.41) is 17.3. The van der Waals surface area contributed by atoms with Gasteiger partial charge in [0.05, 0.1) is 23.9 Å². The zero-order chi connectivity index (χ0) is 14.8. The van der Waals surface area contributed by atoms with Crippen molar-refractivity contribution >= 4 is 22.7 Å². The molecule has 1 saturated carbocycles. The molecule has 21 heavy (non-hydrogen) atoms. The van der Waals surface area contributed by atoms with Crippen molar-refractivity contribution < 1.29 is 14.6 Å². The number of anilines is 1. The lowest BCUT2D eigenvalue weighted by Crippen LogP contribution is -2.14. The van der Waals surface area contributed by atoms with Crippen molar-refractivity contribution in [2.24, 2.45) is 13.0 Å². The number of aromatic carboxylic acids is 1. The first-order valence-corrected chi connectivity index (χ1v) is 7.02. The number of ether oxygens (including phenoxy) is 1. The lowest BCUT2D eigenvalue weighted by atomic mass is 10.2. The van der Waals surface area contributed by atoms with Crippen LogP contribution in [0.1, 0.15) is 23.2 Å². The van der Waals surface area contributed by atoms with Crippen LogP contribution in [0.2, 0.25) is 0 Å². The first-order chi connectivity index (χ1) is 10.2. The van der Waals surface area contributed by atoms with E-state index in [0.29, 0.717) is 29.9 Å². The van der Waals surface area contributed by atoms with Crippen LogP contribution in [0.15, 0.2) is 12.4 Å². The van der Waals surface area contributed by atoms with Gasteiger partial charge in [-0.1, -0.05) is 0 Å². The molecular formula is C14H18N4O3. The van der Waals surface area contributed by atoms with Gasteiger partial charge in [0, 0.05) is 26.4 Å². The number of nitrogens with one attached hydrogen (secondary N) is 1. The Kier molecular flexibility index (Phi) is 3.74. The summed E-state index contributed by atoms with van der Waals surface area (Å²) in [7, 11) is 1.78. The van der Waals surface area contributed by atoms with E-state index < -0.39 is 5.97 Å². The number of hydrogen-bond acceptors (Lipinski definition) is 5. The number of nitrogens with zero attached hydrogens (tertiary/aromatic N) is 3. The number of carboxylic acids is 1. The van der Waals surface area contributed by atoms with Gasteiger partial charge in [-0.05, 0) is 18.8 Å². The van der Waals surface area contributed by atoms with Crippen LogP contribution < -0.4 is 5.32 Å². The van der Waals surface area contributed by atoms with Crippen LogP contribution in [0.5, 0.6) is 0 Å². The highest BCUT2D eigenvalue weighted by Crippen LogP contribution is 2.29. The highest BCUT2D eigenvalue weighted by atomic mass is 16.5. The van der Waals surface area contributed by atoms with Crippen LogP contribution in [0.25, 0.3) is 11.0 Å². The maximum Gasteiger partial charge on any atom is 0.339 e. The summed E-state index contributed by atoms with van der Waals surface area (Å²) in [6.45, 7) is 1.91. The van der Waals surface area contributed by atoms with E-state index in [1.54, 1.807) is 17.9 Å². The molecule has 0 aromatic carbocycles.